The molecule has 1 aliphatic heterocycles. The largest absolute Gasteiger partial charge is 0.489 e. The van der Waals surface area contributed by atoms with E-state index in [1.807, 2.05) is 11.0 Å². The zero-order valence-electron chi connectivity index (χ0n) is 16.3. The van der Waals surface area contributed by atoms with Gasteiger partial charge in [-0.25, -0.2) is 9.18 Å². The first-order chi connectivity index (χ1) is 14.9. The molecule has 0 bridgehead atoms. The summed E-state index contributed by atoms with van der Waals surface area (Å²) < 4.78 is 25.6. The van der Waals surface area contributed by atoms with Crippen molar-refractivity contribution in [1.82, 2.24) is 0 Å². The lowest BCUT2D eigenvalue weighted by Crippen LogP contribution is -2.33. The van der Waals surface area contributed by atoms with Crippen LogP contribution >= 0.6 is 23.2 Å². The van der Waals surface area contributed by atoms with Gasteiger partial charge in [-0.15, -0.1) is 0 Å². The molecule has 0 amide bonds. The van der Waals surface area contributed by atoms with Crippen LogP contribution in [0.1, 0.15) is 21.5 Å². The normalized spacial score (nSPS) is 12.8. The minimum atomic E-state index is -1.05. The minimum absolute atomic E-state index is 0.0283. The highest BCUT2D eigenvalue weighted by Gasteiger charge is 2.24. The highest BCUT2D eigenvalue weighted by atomic mass is 35.5. The Labute approximate surface area is 188 Å². The van der Waals surface area contributed by atoms with Crippen LogP contribution in [0.2, 0.25) is 10.0 Å². The number of halogens is 3. The summed E-state index contributed by atoms with van der Waals surface area (Å²) in [6, 6.07) is 14.7. The average molecular weight is 462 g/mol. The van der Waals surface area contributed by atoms with Crippen molar-refractivity contribution < 1.29 is 23.8 Å². The number of fused-ring (bicyclic) bond motifs is 1. The number of nitrogens with zero attached hydrogens (tertiary/aromatic N) is 1. The van der Waals surface area contributed by atoms with Gasteiger partial charge in [0, 0.05) is 27.7 Å². The molecule has 1 heterocycles. The van der Waals surface area contributed by atoms with E-state index in [0.29, 0.717) is 52.5 Å². The van der Waals surface area contributed by atoms with E-state index >= 15 is 0 Å². The lowest BCUT2D eigenvalue weighted by Gasteiger charge is -2.32. The predicted molar refractivity (Wildman–Crippen MR) is 117 cm³/mol. The maximum Gasteiger partial charge on any atom is 0.339 e. The van der Waals surface area contributed by atoms with E-state index in [0.717, 1.165) is 5.56 Å². The Balaban J connectivity index is 1.59. The summed E-state index contributed by atoms with van der Waals surface area (Å²) in [4.78, 5) is 13.5. The lowest BCUT2D eigenvalue weighted by molar-refractivity contribution is 0.0692. The van der Waals surface area contributed by atoms with Crippen molar-refractivity contribution in [2.75, 3.05) is 18.1 Å². The molecule has 8 heteroatoms. The maximum absolute atomic E-state index is 14.1. The molecule has 5 nitrogen and oxygen atoms in total. The molecule has 3 aromatic rings. The Morgan fingerprint density at radius 3 is 2.65 bits per heavy atom. The number of carboxylic acids is 1. The van der Waals surface area contributed by atoms with Crippen LogP contribution in [0.15, 0.2) is 54.6 Å². The lowest BCUT2D eigenvalue weighted by atomic mass is 10.1. The van der Waals surface area contributed by atoms with E-state index in [1.165, 1.54) is 12.1 Å². The van der Waals surface area contributed by atoms with Crippen LogP contribution in [-0.4, -0.2) is 24.2 Å². The molecule has 31 heavy (non-hydrogen) atoms. The van der Waals surface area contributed by atoms with E-state index in [4.69, 9.17) is 32.7 Å². The monoisotopic (exact) mass is 461 g/mol. The van der Waals surface area contributed by atoms with Gasteiger partial charge in [0.2, 0.25) is 0 Å². The molecule has 1 aliphatic rings. The van der Waals surface area contributed by atoms with Gasteiger partial charge in [-0.2, -0.15) is 0 Å². The average Bonchev–Trinajstić information content (AvgIpc) is 2.74. The fourth-order valence-electron chi connectivity index (χ4n) is 3.45. The summed E-state index contributed by atoms with van der Waals surface area (Å²) in [5, 5.41) is 10.3. The summed E-state index contributed by atoms with van der Waals surface area (Å²) in [6.45, 7) is 1.36. The minimum Gasteiger partial charge on any atom is -0.489 e. The van der Waals surface area contributed by atoms with Gasteiger partial charge >= 0.3 is 5.97 Å². The zero-order valence-corrected chi connectivity index (χ0v) is 17.8. The molecule has 0 atom stereocenters. The third-order valence-electron chi connectivity index (χ3n) is 4.95. The van der Waals surface area contributed by atoms with Gasteiger partial charge < -0.3 is 19.5 Å². The molecule has 3 aromatic carbocycles. The standard InChI is InChI=1S/C23H18Cl2FNO4/c24-16-6-7-21(31-13-14-4-5-17(25)11-19(14)26)15(10-16)12-27-8-9-30-22-18(23(28)29)2-1-3-20(22)27/h1-7,10-11H,8-9,12-13H2,(H,28,29). The quantitative estimate of drug-likeness (QED) is 0.501. The number of benzene rings is 3. The Kier molecular flexibility index (Phi) is 6.20. The SMILES string of the molecule is O=C(O)c1cccc2c1OCCN2Cc1cc(Cl)ccc1OCc1ccc(Cl)cc1F. The molecule has 0 spiro atoms. The molecule has 0 fully saturated rings. The summed E-state index contributed by atoms with van der Waals surface area (Å²) in [5.74, 6) is -0.586. The summed E-state index contributed by atoms with van der Waals surface area (Å²) in [7, 11) is 0. The van der Waals surface area contributed by atoms with Crippen molar-refractivity contribution in [3.05, 3.63) is 87.2 Å². The van der Waals surface area contributed by atoms with Crippen LogP contribution < -0.4 is 14.4 Å². The van der Waals surface area contributed by atoms with Crippen LogP contribution in [0.25, 0.3) is 0 Å². The smallest absolute Gasteiger partial charge is 0.339 e. The van der Waals surface area contributed by atoms with Gasteiger partial charge in [-0.05, 0) is 42.5 Å². The van der Waals surface area contributed by atoms with Gasteiger partial charge in [0.15, 0.2) is 5.75 Å². The number of anilines is 1. The van der Waals surface area contributed by atoms with E-state index in [9.17, 15) is 14.3 Å². The number of aromatic carboxylic acids is 1. The second kappa shape index (κ2) is 9.04. The fourth-order valence-corrected chi connectivity index (χ4v) is 3.80. The van der Waals surface area contributed by atoms with Gasteiger partial charge in [0.25, 0.3) is 0 Å². The van der Waals surface area contributed by atoms with Gasteiger partial charge in [-0.1, -0.05) is 35.3 Å². The Bertz CT molecular complexity index is 1140. The third kappa shape index (κ3) is 4.70. The number of ether oxygens (including phenoxy) is 2. The zero-order chi connectivity index (χ0) is 22.0. The second-order valence-corrected chi connectivity index (χ2v) is 7.88. The first-order valence-corrected chi connectivity index (χ1v) is 10.3. The molecule has 0 aromatic heterocycles. The number of carbonyl (C=O) groups is 1. The van der Waals surface area contributed by atoms with Crippen LogP contribution in [-0.2, 0) is 13.2 Å². The molecular weight excluding hydrogens is 444 g/mol. The van der Waals surface area contributed by atoms with Crippen molar-refractivity contribution in [3.63, 3.8) is 0 Å². The molecule has 1 N–H and O–H groups in total. The topological polar surface area (TPSA) is 59.0 Å². The van der Waals surface area contributed by atoms with Crippen LogP contribution in [0.3, 0.4) is 0 Å². The molecule has 0 radical (unpaired) electrons. The summed E-state index contributed by atoms with van der Waals surface area (Å²) >= 11 is 12.0. The molecule has 0 saturated carbocycles. The highest BCUT2D eigenvalue weighted by molar-refractivity contribution is 6.30. The van der Waals surface area contributed by atoms with Gasteiger partial charge in [0.05, 0.1) is 12.2 Å². The molecule has 0 aliphatic carbocycles. The third-order valence-corrected chi connectivity index (χ3v) is 5.43. The maximum atomic E-state index is 14.1. The van der Waals surface area contributed by atoms with E-state index in [-0.39, 0.29) is 12.2 Å². The Morgan fingerprint density at radius 2 is 1.87 bits per heavy atom. The molecule has 0 saturated heterocycles. The van der Waals surface area contributed by atoms with E-state index in [2.05, 4.69) is 0 Å². The summed E-state index contributed by atoms with van der Waals surface area (Å²) in [5.41, 5.74) is 1.97. The van der Waals surface area contributed by atoms with Crippen molar-refractivity contribution >= 4 is 34.9 Å². The van der Waals surface area contributed by atoms with E-state index in [1.54, 1.807) is 36.4 Å². The summed E-state index contributed by atoms with van der Waals surface area (Å²) in [6.07, 6.45) is 0. The van der Waals surface area contributed by atoms with Crippen LogP contribution in [0.5, 0.6) is 11.5 Å². The van der Waals surface area contributed by atoms with Crippen molar-refractivity contribution in [2.45, 2.75) is 13.2 Å². The van der Waals surface area contributed by atoms with Crippen molar-refractivity contribution in [2.24, 2.45) is 0 Å². The van der Waals surface area contributed by atoms with E-state index < -0.39 is 11.8 Å². The highest BCUT2D eigenvalue weighted by Crippen LogP contribution is 2.37. The number of para-hydroxylation sites is 1. The van der Waals surface area contributed by atoms with Crippen molar-refractivity contribution in [1.29, 1.82) is 0 Å². The van der Waals surface area contributed by atoms with Crippen LogP contribution in [0, 0.1) is 5.82 Å². The van der Waals surface area contributed by atoms with Gasteiger partial charge in [0.1, 0.15) is 30.3 Å². The number of rotatable bonds is 6. The number of hydrogen-bond donors (Lipinski definition) is 1. The van der Waals surface area contributed by atoms with Gasteiger partial charge in [-0.3, -0.25) is 0 Å². The number of hydrogen-bond acceptors (Lipinski definition) is 4. The Hall–Kier alpha value is -2.96. The first kappa shape index (κ1) is 21.3. The molecule has 4 rings (SSSR count). The predicted octanol–water partition coefficient (Wildman–Crippen LogP) is 5.81. The van der Waals surface area contributed by atoms with Crippen molar-refractivity contribution in [3.8, 4) is 11.5 Å². The number of carboxylic acid groups (broad SMARTS) is 1. The Morgan fingerprint density at radius 1 is 1.10 bits per heavy atom. The van der Waals surface area contributed by atoms with Crippen LogP contribution in [0.4, 0.5) is 10.1 Å². The fraction of sp³-hybridized carbons (Fsp3) is 0.174. The molecular formula is C23H18Cl2FNO4. The second-order valence-electron chi connectivity index (χ2n) is 7.01. The first-order valence-electron chi connectivity index (χ1n) is 9.51. The molecule has 160 valence electrons. The molecule has 0 unspecified atom stereocenters.